The van der Waals surface area contributed by atoms with Gasteiger partial charge in [-0.3, -0.25) is 4.98 Å². The Morgan fingerprint density at radius 2 is 1.81 bits per heavy atom. The first-order chi connectivity index (χ1) is 12.7. The molecule has 124 valence electrons. The molecule has 4 aromatic rings. The number of rotatable bonds is 2. The SMILES string of the molecule is N#Cc1ccc2cc(-c3cccnc3-c3ccc(F)c(Cl)c3)ccc2n1. The van der Waals surface area contributed by atoms with E-state index in [9.17, 15) is 4.39 Å². The molecule has 0 saturated heterocycles. The van der Waals surface area contributed by atoms with Crippen LogP contribution in [0.25, 0.3) is 33.3 Å². The van der Waals surface area contributed by atoms with E-state index in [0.717, 1.165) is 33.3 Å². The van der Waals surface area contributed by atoms with Crippen LogP contribution in [0.15, 0.2) is 66.9 Å². The Morgan fingerprint density at radius 1 is 0.962 bits per heavy atom. The van der Waals surface area contributed by atoms with E-state index in [-0.39, 0.29) is 5.02 Å². The number of hydrogen-bond acceptors (Lipinski definition) is 3. The summed E-state index contributed by atoms with van der Waals surface area (Å²) < 4.78 is 13.5. The van der Waals surface area contributed by atoms with Crippen molar-refractivity contribution < 1.29 is 4.39 Å². The first-order valence-electron chi connectivity index (χ1n) is 7.87. The molecular formula is C21H11ClFN3. The summed E-state index contributed by atoms with van der Waals surface area (Å²) in [4.78, 5) is 8.76. The van der Waals surface area contributed by atoms with Crippen molar-refractivity contribution in [2.75, 3.05) is 0 Å². The van der Waals surface area contributed by atoms with E-state index in [0.29, 0.717) is 5.69 Å². The molecule has 0 aliphatic carbocycles. The second-order valence-corrected chi connectivity index (χ2v) is 6.15. The summed E-state index contributed by atoms with van der Waals surface area (Å²) in [5, 5.41) is 9.96. The number of nitrogens with zero attached hydrogens (tertiary/aromatic N) is 3. The van der Waals surface area contributed by atoms with Crippen LogP contribution in [0.5, 0.6) is 0 Å². The quantitative estimate of drug-likeness (QED) is 0.466. The fourth-order valence-corrected chi connectivity index (χ4v) is 3.05. The number of pyridine rings is 2. The molecule has 0 radical (unpaired) electrons. The molecule has 0 N–H and O–H groups in total. The van der Waals surface area contributed by atoms with Crippen LogP contribution in [0.4, 0.5) is 4.39 Å². The van der Waals surface area contributed by atoms with Crippen molar-refractivity contribution in [2.45, 2.75) is 0 Å². The second kappa shape index (κ2) is 6.55. The molecule has 0 amide bonds. The minimum atomic E-state index is -0.460. The molecule has 0 aliphatic heterocycles. The van der Waals surface area contributed by atoms with Gasteiger partial charge in [0, 0.05) is 22.7 Å². The molecular weight excluding hydrogens is 349 g/mol. The van der Waals surface area contributed by atoms with Gasteiger partial charge in [0.15, 0.2) is 0 Å². The van der Waals surface area contributed by atoms with Gasteiger partial charge in [-0.15, -0.1) is 0 Å². The Hall–Kier alpha value is -3.29. The van der Waals surface area contributed by atoms with Gasteiger partial charge < -0.3 is 0 Å². The van der Waals surface area contributed by atoms with E-state index in [1.54, 1.807) is 24.4 Å². The van der Waals surface area contributed by atoms with E-state index < -0.39 is 5.82 Å². The van der Waals surface area contributed by atoms with Gasteiger partial charge in [-0.05, 0) is 54.1 Å². The first kappa shape index (κ1) is 16.2. The number of halogens is 2. The van der Waals surface area contributed by atoms with Crippen LogP contribution in [-0.4, -0.2) is 9.97 Å². The lowest BCUT2D eigenvalue weighted by Crippen LogP contribution is -1.91. The van der Waals surface area contributed by atoms with Gasteiger partial charge in [-0.25, -0.2) is 9.37 Å². The van der Waals surface area contributed by atoms with Crippen molar-refractivity contribution >= 4 is 22.5 Å². The molecule has 4 rings (SSSR count). The molecule has 2 aromatic carbocycles. The summed E-state index contributed by atoms with van der Waals surface area (Å²) in [5.74, 6) is -0.460. The van der Waals surface area contributed by atoms with E-state index in [2.05, 4.69) is 9.97 Å². The topological polar surface area (TPSA) is 49.6 Å². The van der Waals surface area contributed by atoms with Crippen LogP contribution in [0.2, 0.25) is 5.02 Å². The minimum absolute atomic E-state index is 0.0610. The highest BCUT2D eigenvalue weighted by Gasteiger charge is 2.11. The van der Waals surface area contributed by atoms with Crippen LogP contribution in [0.3, 0.4) is 0 Å². The molecule has 0 atom stereocenters. The second-order valence-electron chi connectivity index (χ2n) is 5.74. The van der Waals surface area contributed by atoms with Crippen molar-refractivity contribution in [1.82, 2.24) is 9.97 Å². The number of nitriles is 1. The predicted molar refractivity (Wildman–Crippen MR) is 100 cm³/mol. The molecule has 5 heteroatoms. The smallest absolute Gasteiger partial charge is 0.141 e. The molecule has 0 bridgehead atoms. The fraction of sp³-hybridized carbons (Fsp3) is 0. The van der Waals surface area contributed by atoms with E-state index >= 15 is 0 Å². The molecule has 0 fully saturated rings. The lowest BCUT2D eigenvalue weighted by atomic mass is 9.98. The molecule has 0 spiro atoms. The zero-order valence-corrected chi connectivity index (χ0v) is 14.2. The molecule has 26 heavy (non-hydrogen) atoms. The number of aromatic nitrogens is 2. The highest BCUT2D eigenvalue weighted by molar-refractivity contribution is 6.31. The van der Waals surface area contributed by atoms with Crippen LogP contribution < -0.4 is 0 Å². The van der Waals surface area contributed by atoms with Crippen LogP contribution >= 0.6 is 11.6 Å². The molecule has 0 aliphatic rings. The maximum Gasteiger partial charge on any atom is 0.141 e. The first-order valence-corrected chi connectivity index (χ1v) is 8.25. The molecule has 2 aromatic heterocycles. The highest BCUT2D eigenvalue weighted by Crippen LogP contribution is 2.33. The van der Waals surface area contributed by atoms with Gasteiger partial charge >= 0.3 is 0 Å². The average molecular weight is 360 g/mol. The normalized spacial score (nSPS) is 10.7. The zero-order valence-electron chi connectivity index (χ0n) is 13.4. The fourth-order valence-electron chi connectivity index (χ4n) is 2.87. The summed E-state index contributed by atoms with van der Waals surface area (Å²) in [5.41, 5.74) is 4.45. The van der Waals surface area contributed by atoms with Crippen molar-refractivity contribution in [2.24, 2.45) is 0 Å². The summed E-state index contributed by atoms with van der Waals surface area (Å²) in [6, 6.07) is 19.8. The summed E-state index contributed by atoms with van der Waals surface area (Å²) in [6.45, 7) is 0. The van der Waals surface area contributed by atoms with Gasteiger partial charge in [0.25, 0.3) is 0 Å². The maximum atomic E-state index is 13.5. The van der Waals surface area contributed by atoms with E-state index in [4.69, 9.17) is 16.9 Å². The third-order valence-electron chi connectivity index (χ3n) is 4.12. The van der Waals surface area contributed by atoms with E-state index in [1.165, 1.54) is 6.07 Å². The average Bonchev–Trinajstić information content (AvgIpc) is 2.69. The standard InChI is InChI=1S/C21H11ClFN3/c22-18-11-15(4-7-19(18)23)21-17(2-1-9-25-21)13-5-8-20-14(10-13)3-6-16(12-24)26-20/h1-11H. The minimum Gasteiger partial charge on any atom is -0.256 e. The Bertz CT molecular complexity index is 1180. The Morgan fingerprint density at radius 3 is 2.62 bits per heavy atom. The molecule has 2 heterocycles. The number of fused-ring (bicyclic) bond motifs is 1. The van der Waals surface area contributed by atoms with E-state index in [1.807, 2.05) is 42.5 Å². The van der Waals surface area contributed by atoms with Crippen LogP contribution in [0.1, 0.15) is 5.69 Å². The lowest BCUT2D eigenvalue weighted by molar-refractivity contribution is 0.628. The number of hydrogen-bond donors (Lipinski definition) is 0. The number of benzene rings is 2. The van der Waals surface area contributed by atoms with Gasteiger partial charge in [-0.1, -0.05) is 23.7 Å². The summed E-state index contributed by atoms with van der Waals surface area (Å²) in [6.07, 6.45) is 1.69. The largest absolute Gasteiger partial charge is 0.256 e. The summed E-state index contributed by atoms with van der Waals surface area (Å²) >= 11 is 5.93. The van der Waals surface area contributed by atoms with Crippen molar-refractivity contribution in [3.05, 3.63) is 83.4 Å². The maximum absolute atomic E-state index is 13.5. The van der Waals surface area contributed by atoms with Gasteiger partial charge in [0.05, 0.1) is 16.2 Å². The van der Waals surface area contributed by atoms with Crippen molar-refractivity contribution in [1.29, 1.82) is 5.26 Å². The Balaban J connectivity index is 1.87. The van der Waals surface area contributed by atoms with Crippen LogP contribution in [-0.2, 0) is 0 Å². The molecule has 0 unspecified atom stereocenters. The van der Waals surface area contributed by atoms with Gasteiger partial charge in [-0.2, -0.15) is 5.26 Å². The van der Waals surface area contributed by atoms with Crippen LogP contribution in [0, 0.1) is 17.1 Å². The summed E-state index contributed by atoms with van der Waals surface area (Å²) in [7, 11) is 0. The third-order valence-corrected chi connectivity index (χ3v) is 4.41. The Labute approximate surface area is 154 Å². The third kappa shape index (κ3) is 2.90. The van der Waals surface area contributed by atoms with Gasteiger partial charge in [0.1, 0.15) is 17.6 Å². The zero-order chi connectivity index (χ0) is 18.1. The lowest BCUT2D eigenvalue weighted by Gasteiger charge is -2.10. The predicted octanol–water partition coefficient (Wildman–Crippen LogP) is 5.63. The van der Waals surface area contributed by atoms with Gasteiger partial charge in [0.2, 0.25) is 0 Å². The van der Waals surface area contributed by atoms with Crippen molar-refractivity contribution in [3.8, 4) is 28.5 Å². The molecule has 3 nitrogen and oxygen atoms in total. The highest BCUT2D eigenvalue weighted by atomic mass is 35.5. The Kier molecular flexibility index (Phi) is 4.08. The van der Waals surface area contributed by atoms with Crippen molar-refractivity contribution in [3.63, 3.8) is 0 Å². The molecule has 0 saturated carbocycles. The monoisotopic (exact) mass is 359 g/mol.